The molecular weight excluding hydrogens is 1120 g/mol. The van der Waals surface area contributed by atoms with E-state index >= 15 is 0 Å². The Labute approximate surface area is 557 Å². The van der Waals surface area contributed by atoms with Crippen molar-refractivity contribution in [3.8, 4) is 34.5 Å². The number of hydrogen-bond donors (Lipinski definition) is 6. The highest BCUT2D eigenvalue weighted by atomic mass is 16.3. The fourth-order valence-electron chi connectivity index (χ4n) is 10.5. The molecule has 4 aromatic rings. The molecule has 0 bridgehead atoms. The number of hydrogen-bond acceptors (Lipinski definition) is 6. The van der Waals surface area contributed by atoms with Crippen molar-refractivity contribution in [2.24, 2.45) is 0 Å². The Kier molecular flexibility index (Phi) is 56.7. The minimum absolute atomic E-state index is 0.151. The fourth-order valence-corrected chi connectivity index (χ4v) is 10.5. The molecule has 0 spiro atoms. The largest absolute Gasteiger partial charge is 0.508 e. The summed E-state index contributed by atoms with van der Waals surface area (Å²) in [6.07, 6.45) is 83.4. The maximum absolute atomic E-state index is 9.72. The minimum atomic E-state index is 0.151. The van der Waals surface area contributed by atoms with E-state index in [0.29, 0.717) is 17.1 Å². The van der Waals surface area contributed by atoms with Crippen LogP contribution in [0.4, 0.5) is 0 Å². The standard InChI is InChI=1S/C22H34O2.C21H32O2.C21H34O.C21H30O/c1-3-4-5-6-7-8-9-10-11-12-13-14-15-16-20-17-21(23)19(2)22(24)18-20;1-2-3-4-5-6-7-8-9-10-11-12-13-14-15-19-16-20(22)18-21(23)17-19;2*1-2-3-4-5-6-7-8-9-10-11-12-13-14-16-20-17-15-18-21(22)19-20/h5-8,17-18,23-24H,3-4,9-16H2,1-2H3;4-7,16-18,22-23H,2-3,8-15H2,1H3;7-8,15,17-19,22H,2-6,9-14,16H2,1H3;2,4-5,7-8,15,17-19,22H,1,3,6,9-14,16H2/b6-5+,8-7+;5-4+,7-6+;8-7+;5-4+,8-7+. The Hall–Kier alpha value is -6.40. The lowest BCUT2D eigenvalue weighted by Gasteiger charge is -2.07. The van der Waals surface area contributed by atoms with Crippen molar-refractivity contribution in [1.82, 2.24) is 0 Å². The second-order valence-corrected chi connectivity index (χ2v) is 24.7. The van der Waals surface area contributed by atoms with Gasteiger partial charge in [-0.1, -0.05) is 258 Å². The number of allylic oxidation sites excluding steroid dienone is 15. The van der Waals surface area contributed by atoms with Crippen molar-refractivity contribution in [3.05, 3.63) is 204 Å². The quantitative estimate of drug-likeness (QED) is 0.0149. The van der Waals surface area contributed by atoms with Crippen LogP contribution in [0.25, 0.3) is 0 Å². The summed E-state index contributed by atoms with van der Waals surface area (Å²) in [4.78, 5) is 0. The second-order valence-electron chi connectivity index (χ2n) is 24.7. The lowest BCUT2D eigenvalue weighted by atomic mass is 10.0. The summed E-state index contributed by atoms with van der Waals surface area (Å²) in [5.41, 5.74) is 5.10. The highest BCUT2D eigenvalue weighted by molar-refractivity contribution is 5.45. The smallest absolute Gasteiger partial charge is 0.122 e. The molecule has 0 unspecified atom stereocenters. The third kappa shape index (κ3) is 53.9. The molecule has 0 atom stereocenters. The lowest BCUT2D eigenvalue weighted by molar-refractivity contribution is 0.441. The summed E-state index contributed by atoms with van der Waals surface area (Å²) in [5.74, 6) is 1.46. The van der Waals surface area contributed by atoms with E-state index in [1.807, 2.05) is 30.3 Å². The maximum Gasteiger partial charge on any atom is 0.122 e. The predicted molar refractivity (Wildman–Crippen MR) is 397 cm³/mol. The van der Waals surface area contributed by atoms with Crippen LogP contribution < -0.4 is 0 Å². The summed E-state index contributed by atoms with van der Waals surface area (Å²) < 4.78 is 0. The molecule has 506 valence electrons. The Morgan fingerprint density at radius 3 is 0.978 bits per heavy atom. The average Bonchev–Trinajstić information content (AvgIpc) is 2.34. The van der Waals surface area contributed by atoms with E-state index in [1.54, 1.807) is 43.3 Å². The van der Waals surface area contributed by atoms with Gasteiger partial charge in [0, 0.05) is 11.6 Å². The predicted octanol–water partition coefficient (Wildman–Crippen LogP) is 26.0. The van der Waals surface area contributed by atoms with Gasteiger partial charge in [0.25, 0.3) is 0 Å². The third-order valence-electron chi connectivity index (χ3n) is 16.0. The van der Waals surface area contributed by atoms with Crippen LogP contribution in [-0.4, -0.2) is 30.6 Å². The molecule has 0 amide bonds. The first-order chi connectivity index (χ1) is 44.5. The number of phenolic OH excluding ortho intramolecular Hbond substituents is 6. The van der Waals surface area contributed by atoms with Crippen LogP contribution in [-0.2, 0) is 25.7 Å². The van der Waals surface area contributed by atoms with Gasteiger partial charge in [-0.25, -0.2) is 0 Å². The first-order valence-corrected chi connectivity index (χ1v) is 36.3. The zero-order valence-electron chi connectivity index (χ0n) is 58.0. The number of benzene rings is 4. The van der Waals surface area contributed by atoms with Gasteiger partial charge in [-0.3, -0.25) is 0 Å². The molecule has 0 heterocycles. The number of aryl methyl sites for hydroxylation is 4. The summed E-state index contributed by atoms with van der Waals surface area (Å²) >= 11 is 0. The molecule has 0 aliphatic heterocycles. The van der Waals surface area contributed by atoms with E-state index in [2.05, 4.69) is 125 Å². The Balaban J connectivity index is 0.000000607. The van der Waals surface area contributed by atoms with Gasteiger partial charge < -0.3 is 30.6 Å². The van der Waals surface area contributed by atoms with E-state index in [4.69, 9.17) is 0 Å². The molecule has 0 aliphatic carbocycles. The van der Waals surface area contributed by atoms with Gasteiger partial charge in [-0.15, -0.1) is 6.58 Å². The van der Waals surface area contributed by atoms with Crippen molar-refractivity contribution in [2.45, 2.75) is 291 Å². The molecule has 0 aromatic heterocycles. The van der Waals surface area contributed by atoms with Crippen LogP contribution in [0.1, 0.15) is 286 Å². The van der Waals surface area contributed by atoms with Gasteiger partial charge in [-0.2, -0.15) is 0 Å². The number of aromatic hydroxyl groups is 6. The highest BCUT2D eigenvalue weighted by Crippen LogP contribution is 2.29. The van der Waals surface area contributed by atoms with Crippen molar-refractivity contribution in [2.75, 3.05) is 0 Å². The number of rotatable bonds is 49. The van der Waals surface area contributed by atoms with Gasteiger partial charge in [0.1, 0.15) is 34.5 Å². The molecule has 0 saturated heterocycles. The molecule has 4 aromatic carbocycles. The zero-order chi connectivity index (χ0) is 66.1. The Bertz CT molecular complexity index is 2500. The second kappa shape index (κ2) is 62.4. The molecule has 0 fully saturated rings. The third-order valence-corrected chi connectivity index (χ3v) is 16.0. The van der Waals surface area contributed by atoms with Crippen LogP contribution in [0.5, 0.6) is 34.5 Å². The lowest BCUT2D eigenvalue weighted by Crippen LogP contribution is -1.88. The molecule has 4 rings (SSSR count). The van der Waals surface area contributed by atoms with Crippen molar-refractivity contribution in [3.63, 3.8) is 0 Å². The monoisotopic (exact) mass is 1250 g/mol. The molecular formula is C85H130O6. The van der Waals surface area contributed by atoms with Gasteiger partial charge in [0.05, 0.1) is 0 Å². The van der Waals surface area contributed by atoms with E-state index in [0.717, 1.165) is 62.5 Å². The van der Waals surface area contributed by atoms with Crippen LogP contribution in [0, 0.1) is 6.92 Å². The summed E-state index contributed by atoms with van der Waals surface area (Å²) in [6, 6.07) is 23.7. The molecule has 6 nitrogen and oxygen atoms in total. The summed E-state index contributed by atoms with van der Waals surface area (Å²) in [7, 11) is 0. The van der Waals surface area contributed by atoms with E-state index < -0.39 is 0 Å². The minimum Gasteiger partial charge on any atom is -0.508 e. The molecule has 0 aliphatic rings. The molecule has 0 saturated carbocycles. The number of phenols is 6. The summed E-state index contributed by atoms with van der Waals surface area (Å²) in [5, 5.41) is 57.1. The topological polar surface area (TPSA) is 121 Å². The average molecular weight is 1250 g/mol. The first-order valence-electron chi connectivity index (χ1n) is 36.3. The van der Waals surface area contributed by atoms with Crippen molar-refractivity contribution in [1.29, 1.82) is 0 Å². The van der Waals surface area contributed by atoms with Crippen LogP contribution in [0.3, 0.4) is 0 Å². The van der Waals surface area contributed by atoms with E-state index in [-0.39, 0.29) is 23.0 Å². The molecule has 0 radical (unpaired) electrons. The van der Waals surface area contributed by atoms with Gasteiger partial charge in [-0.05, 0) is 219 Å². The highest BCUT2D eigenvalue weighted by Gasteiger charge is 2.06. The Morgan fingerprint density at radius 2 is 0.593 bits per heavy atom. The molecule has 91 heavy (non-hydrogen) atoms. The SMILES string of the molecule is C=CC/C=C/C/C=C/CCCCCCCc1cccc(O)c1.CCC/C=C/C=C/CCCCCCCCc1cc(O)c(C)c(O)c1.CCC/C=C/C=C/CCCCCCCCc1cc(O)cc(O)c1.CCCCCC/C=C/CCCCCCCc1cccc(O)c1. The van der Waals surface area contributed by atoms with Crippen LogP contribution >= 0.6 is 0 Å². The normalized spacial score (nSPS) is 11.6. The van der Waals surface area contributed by atoms with E-state index in [1.165, 1.54) is 229 Å². The first kappa shape index (κ1) is 82.6. The van der Waals surface area contributed by atoms with Gasteiger partial charge >= 0.3 is 0 Å². The van der Waals surface area contributed by atoms with Crippen molar-refractivity contribution >= 4 is 0 Å². The van der Waals surface area contributed by atoms with E-state index in [9.17, 15) is 30.6 Å². The zero-order valence-corrected chi connectivity index (χ0v) is 58.0. The maximum atomic E-state index is 9.72. The number of unbranched alkanes of at least 4 members (excludes halogenated alkanes) is 28. The molecule has 6 heteroatoms. The van der Waals surface area contributed by atoms with Crippen LogP contribution in [0.15, 0.2) is 177 Å². The van der Waals surface area contributed by atoms with Crippen molar-refractivity contribution < 1.29 is 30.6 Å². The van der Waals surface area contributed by atoms with Gasteiger partial charge in [0.15, 0.2) is 0 Å². The Morgan fingerprint density at radius 1 is 0.286 bits per heavy atom. The van der Waals surface area contributed by atoms with Gasteiger partial charge in [0.2, 0.25) is 0 Å². The van der Waals surface area contributed by atoms with Crippen LogP contribution in [0.2, 0.25) is 0 Å². The fraction of sp³-hybridized carbons (Fsp3) is 0.529. The molecule has 6 N–H and O–H groups in total. The summed E-state index contributed by atoms with van der Waals surface area (Å²) in [6.45, 7) is 12.1.